The molecule has 2 aromatic carbocycles. The summed E-state index contributed by atoms with van der Waals surface area (Å²) in [5.41, 5.74) is 7.51. The van der Waals surface area contributed by atoms with Crippen molar-refractivity contribution in [2.45, 2.75) is 25.3 Å². The van der Waals surface area contributed by atoms with Gasteiger partial charge in [0.1, 0.15) is 5.58 Å². The highest BCUT2D eigenvalue weighted by molar-refractivity contribution is 9.10. The summed E-state index contributed by atoms with van der Waals surface area (Å²) < 4.78 is 6.63. The molecule has 2 heterocycles. The Morgan fingerprint density at radius 2 is 2.07 bits per heavy atom. The highest BCUT2D eigenvalue weighted by atomic mass is 79.9. The van der Waals surface area contributed by atoms with Gasteiger partial charge >= 0.3 is 0 Å². The van der Waals surface area contributed by atoms with Crippen LogP contribution in [0.15, 0.2) is 62.4 Å². The van der Waals surface area contributed by atoms with E-state index in [9.17, 15) is 9.59 Å². The predicted octanol–water partition coefficient (Wildman–Crippen LogP) is 4.01. The third kappa shape index (κ3) is 3.70. The van der Waals surface area contributed by atoms with Gasteiger partial charge in [0.25, 0.3) is 0 Å². The van der Waals surface area contributed by atoms with Crippen LogP contribution in [0.2, 0.25) is 0 Å². The lowest BCUT2D eigenvalue weighted by molar-refractivity contribution is -0.128. The number of carbonyl (C=O) groups is 2. The molecule has 1 aromatic heterocycles. The third-order valence-electron chi connectivity index (χ3n) is 5.24. The van der Waals surface area contributed by atoms with Crippen molar-refractivity contribution in [3.8, 4) is 0 Å². The van der Waals surface area contributed by atoms with E-state index in [1.807, 2.05) is 49.4 Å². The molecule has 7 heteroatoms. The number of rotatable bonds is 4. The lowest BCUT2D eigenvalue weighted by atomic mass is 9.86. The van der Waals surface area contributed by atoms with E-state index in [4.69, 9.17) is 10.2 Å². The fourth-order valence-electron chi connectivity index (χ4n) is 3.52. The summed E-state index contributed by atoms with van der Waals surface area (Å²) in [5.74, 6) is 0.321. The first-order valence-electron chi connectivity index (χ1n) is 9.19. The number of fused-ring (bicyclic) bond motifs is 1. The van der Waals surface area contributed by atoms with Gasteiger partial charge in [0.2, 0.25) is 11.7 Å². The molecule has 0 spiro atoms. The quantitative estimate of drug-likeness (QED) is 0.604. The summed E-state index contributed by atoms with van der Waals surface area (Å²) in [6, 6.07) is 14.9. The van der Waals surface area contributed by atoms with Gasteiger partial charge in [0.15, 0.2) is 11.7 Å². The second kappa shape index (κ2) is 7.15. The summed E-state index contributed by atoms with van der Waals surface area (Å²) in [5, 5.41) is 0.874. The fourth-order valence-corrected chi connectivity index (χ4v) is 3.89. The number of halogens is 1. The van der Waals surface area contributed by atoms with E-state index in [1.165, 1.54) is 4.90 Å². The topological polar surface area (TPSA) is 88.9 Å². The largest absolute Gasteiger partial charge is 0.453 e. The SMILES string of the molecule is CN1C(=O)CC(C)(c2cccc(CC(=O)c3cc4cc(Br)ccc4o3)c2)N=C1N. The number of hydrogen-bond donors (Lipinski definition) is 1. The van der Waals surface area contributed by atoms with Gasteiger partial charge in [-0.2, -0.15) is 0 Å². The van der Waals surface area contributed by atoms with Crippen LogP contribution in [0, 0.1) is 0 Å². The maximum absolute atomic E-state index is 12.8. The number of ketones is 1. The van der Waals surface area contributed by atoms with E-state index < -0.39 is 5.54 Å². The van der Waals surface area contributed by atoms with Crippen molar-refractivity contribution < 1.29 is 14.0 Å². The zero-order valence-electron chi connectivity index (χ0n) is 16.1. The van der Waals surface area contributed by atoms with Crippen LogP contribution in [0.25, 0.3) is 11.0 Å². The molecule has 4 rings (SSSR count). The molecule has 3 aromatic rings. The zero-order chi connectivity index (χ0) is 20.8. The van der Waals surface area contributed by atoms with Gasteiger partial charge in [-0.05, 0) is 42.3 Å². The third-order valence-corrected chi connectivity index (χ3v) is 5.73. The highest BCUT2D eigenvalue weighted by Crippen LogP contribution is 2.33. The summed E-state index contributed by atoms with van der Waals surface area (Å²) >= 11 is 3.42. The Hall–Kier alpha value is -2.93. The van der Waals surface area contributed by atoms with Crippen LogP contribution < -0.4 is 5.73 Å². The Labute approximate surface area is 176 Å². The minimum absolute atomic E-state index is 0.0880. The highest BCUT2D eigenvalue weighted by Gasteiger charge is 2.36. The molecule has 0 bridgehead atoms. The maximum Gasteiger partial charge on any atom is 0.231 e. The number of Topliss-reactive ketones (excluding diaryl/α,β-unsaturated/α-hetero) is 1. The van der Waals surface area contributed by atoms with E-state index >= 15 is 0 Å². The van der Waals surface area contributed by atoms with E-state index in [0.29, 0.717) is 11.3 Å². The van der Waals surface area contributed by atoms with Crippen molar-refractivity contribution in [3.63, 3.8) is 0 Å². The van der Waals surface area contributed by atoms with Crippen LogP contribution in [0.5, 0.6) is 0 Å². The smallest absolute Gasteiger partial charge is 0.231 e. The van der Waals surface area contributed by atoms with Gasteiger partial charge in [0, 0.05) is 23.3 Å². The number of carbonyl (C=O) groups excluding carboxylic acids is 2. The number of hydrogen-bond acceptors (Lipinski definition) is 5. The normalized spacial score (nSPS) is 19.5. The Bertz CT molecular complexity index is 1170. The molecule has 2 N–H and O–H groups in total. The van der Waals surface area contributed by atoms with Crippen molar-refractivity contribution in [1.82, 2.24) is 4.90 Å². The summed E-state index contributed by atoms with van der Waals surface area (Å²) in [4.78, 5) is 30.9. The Kier molecular flexibility index (Phi) is 4.78. The Morgan fingerprint density at radius 3 is 2.83 bits per heavy atom. The monoisotopic (exact) mass is 453 g/mol. The molecule has 1 aliphatic heterocycles. The van der Waals surface area contributed by atoms with Gasteiger partial charge in [-0.1, -0.05) is 40.2 Å². The predicted molar refractivity (Wildman–Crippen MR) is 115 cm³/mol. The van der Waals surface area contributed by atoms with E-state index in [-0.39, 0.29) is 30.5 Å². The van der Waals surface area contributed by atoms with Crippen molar-refractivity contribution in [1.29, 1.82) is 0 Å². The van der Waals surface area contributed by atoms with Gasteiger partial charge in [-0.25, -0.2) is 4.99 Å². The molecular weight excluding hydrogens is 434 g/mol. The number of guanidine groups is 1. The average Bonchev–Trinajstić information content (AvgIpc) is 3.09. The molecule has 0 radical (unpaired) electrons. The second-order valence-electron chi connectivity index (χ2n) is 7.47. The molecule has 1 atom stereocenters. The molecule has 0 fully saturated rings. The van der Waals surface area contributed by atoms with Crippen LogP contribution in [0.3, 0.4) is 0 Å². The first-order chi connectivity index (χ1) is 13.7. The molecule has 29 heavy (non-hydrogen) atoms. The Balaban J connectivity index is 1.60. The molecule has 1 aliphatic rings. The molecule has 1 unspecified atom stereocenters. The molecular formula is C22H20BrN3O3. The lowest BCUT2D eigenvalue weighted by Gasteiger charge is -2.33. The van der Waals surface area contributed by atoms with Crippen LogP contribution in [-0.4, -0.2) is 29.6 Å². The molecule has 1 amide bonds. The first kappa shape index (κ1) is 19.4. The maximum atomic E-state index is 12.8. The minimum atomic E-state index is -0.752. The zero-order valence-corrected chi connectivity index (χ0v) is 17.7. The summed E-state index contributed by atoms with van der Waals surface area (Å²) in [7, 11) is 1.61. The lowest BCUT2D eigenvalue weighted by Crippen LogP contribution is -2.47. The van der Waals surface area contributed by atoms with Crippen molar-refractivity contribution >= 4 is 44.5 Å². The van der Waals surface area contributed by atoms with Crippen LogP contribution in [0.1, 0.15) is 35.0 Å². The number of furan rings is 1. The molecule has 148 valence electrons. The molecule has 0 saturated heterocycles. The van der Waals surface area contributed by atoms with Gasteiger partial charge in [-0.3, -0.25) is 14.5 Å². The van der Waals surface area contributed by atoms with Gasteiger partial charge in [0.05, 0.1) is 12.0 Å². The number of benzene rings is 2. The average molecular weight is 454 g/mol. The number of aliphatic imine (C=N–C) groups is 1. The number of amides is 1. The van der Waals surface area contributed by atoms with Crippen molar-refractivity contribution in [3.05, 3.63) is 69.9 Å². The Morgan fingerprint density at radius 1 is 1.28 bits per heavy atom. The molecule has 0 saturated carbocycles. The van der Waals surface area contributed by atoms with Crippen molar-refractivity contribution in [2.24, 2.45) is 10.7 Å². The van der Waals surface area contributed by atoms with E-state index in [1.54, 1.807) is 13.1 Å². The fraction of sp³-hybridized carbons (Fsp3) is 0.227. The van der Waals surface area contributed by atoms with Crippen LogP contribution in [-0.2, 0) is 16.8 Å². The van der Waals surface area contributed by atoms with Crippen molar-refractivity contribution in [2.75, 3.05) is 7.05 Å². The van der Waals surface area contributed by atoms with Gasteiger partial charge in [-0.15, -0.1) is 0 Å². The second-order valence-corrected chi connectivity index (χ2v) is 8.38. The molecule has 0 aliphatic carbocycles. The summed E-state index contributed by atoms with van der Waals surface area (Å²) in [6.45, 7) is 1.88. The first-order valence-corrected chi connectivity index (χ1v) is 9.98. The van der Waals surface area contributed by atoms with Crippen LogP contribution >= 0.6 is 15.9 Å². The standard InChI is InChI=1S/C22H20BrN3O3/c1-22(12-20(28)26(2)21(24)25-22)15-5-3-4-13(8-15)9-17(27)19-11-14-10-16(23)6-7-18(14)29-19/h3-8,10-11H,9,12H2,1-2H3,(H2,24,25). The van der Waals surface area contributed by atoms with Crippen LogP contribution in [0.4, 0.5) is 0 Å². The van der Waals surface area contributed by atoms with E-state index in [0.717, 1.165) is 21.0 Å². The van der Waals surface area contributed by atoms with E-state index in [2.05, 4.69) is 20.9 Å². The summed E-state index contributed by atoms with van der Waals surface area (Å²) in [6.07, 6.45) is 0.415. The number of nitrogens with two attached hydrogens (primary N) is 1. The number of nitrogens with zero attached hydrogens (tertiary/aromatic N) is 2. The minimum Gasteiger partial charge on any atom is -0.453 e. The van der Waals surface area contributed by atoms with Gasteiger partial charge < -0.3 is 10.2 Å². The molecule has 6 nitrogen and oxygen atoms in total.